The lowest BCUT2D eigenvalue weighted by atomic mass is 10.1. The highest BCUT2D eigenvalue weighted by molar-refractivity contribution is 5.70. The maximum Gasteiger partial charge on any atom is 0.307 e. The zero-order valence-corrected chi connectivity index (χ0v) is 10.0. The van der Waals surface area contributed by atoms with E-state index >= 15 is 0 Å². The quantitative estimate of drug-likeness (QED) is 0.879. The molecule has 1 heterocycles. The molecule has 0 unspecified atom stereocenters. The smallest absolute Gasteiger partial charge is 0.307 e. The van der Waals surface area contributed by atoms with Crippen LogP contribution in [0.1, 0.15) is 12.5 Å². The normalized spacial score (nSPS) is 10.3. The molecule has 0 aliphatic heterocycles. The third-order valence-corrected chi connectivity index (χ3v) is 2.51. The number of benzene rings is 1. The zero-order valence-electron chi connectivity index (χ0n) is 10.0. The zero-order chi connectivity index (χ0) is 13.0. The van der Waals surface area contributed by atoms with E-state index in [4.69, 9.17) is 9.84 Å². The van der Waals surface area contributed by atoms with Gasteiger partial charge in [-0.3, -0.25) is 4.79 Å². The highest BCUT2D eigenvalue weighted by atomic mass is 16.5. The summed E-state index contributed by atoms with van der Waals surface area (Å²) in [6, 6.07) is 7.49. The van der Waals surface area contributed by atoms with Gasteiger partial charge in [0.05, 0.1) is 6.42 Å². The highest BCUT2D eigenvalue weighted by Crippen LogP contribution is 2.20. The molecular formula is C13H14N2O3. The molecule has 94 valence electrons. The van der Waals surface area contributed by atoms with Crippen LogP contribution in [0, 0.1) is 0 Å². The van der Waals surface area contributed by atoms with Crippen LogP contribution >= 0.6 is 0 Å². The maximum absolute atomic E-state index is 10.5. The summed E-state index contributed by atoms with van der Waals surface area (Å²) in [5.41, 5.74) is 0.744. The first-order chi connectivity index (χ1) is 8.69. The molecule has 0 saturated carbocycles. The van der Waals surface area contributed by atoms with Crippen LogP contribution in [-0.2, 0) is 17.8 Å². The van der Waals surface area contributed by atoms with E-state index in [0.717, 1.165) is 12.1 Å². The Balaban J connectivity index is 2.08. The molecule has 5 nitrogen and oxygen atoms in total. The van der Waals surface area contributed by atoms with Crippen molar-refractivity contribution in [1.29, 1.82) is 0 Å². The number of rotatable bonds is 5. The van der Waals surface area contributed by atoms with Crippen molar-refractivity contribution in [3.8, 4) is 11.8 Å². The third kappa shape index (κ3) is 2.88. The van der Waals surface area contributed by atoms with Gasteiger partial charge in [0.15, 0.2) is 0 Å². The molecule has 1 aromatic carbocycles. The predicted octanol–water partition coefficient (Wildman–Crippen LogP) is 2.32. The fourth-order valence-corrected chi connectivity index (χ4v) is 1.60. The van der Waals surface area contributed by atoms with Crippen LogP contribution in [-0.4, -0.2) is 20.6 Å². The summed E-state index contributed by atoms with van der Waals surface area (Å²) in [6.07, 6.45) is 3.54. The van der Waals surface area contributed by atoms with Crippen LogP contribution in [0.5, 0.6) is 11.8 Å². The van der Waals surface area contributed by atoms with E-state index in [0.29, 0.717) is 11.8 Å². The Hall–Kier alpha value is -2.30. The van der Waals surface area contributed by atoms with Gasteiger partial charge in [-0.05, 0) is 24.6 Å². The number of carboxylic acid groups (broad SMARTS) is 1. The predicted molar refractivity (Wildman–Crippen MR) is 65.8 cm³/mol. The van der Waals surface area contributed by atoms with Crippen LogP contribution in [0.4, 0.5) is 0 Å². The van der Waals surface area contributed by atoms with Crippen molar-refractivity contribution < 1.29 is 14.6 Å². The molecule has 0 saturated heterocycles. The van der Waals surface area contributed by atoms with Crippen molar-refractivity contribution in [3.63, 3.8) is 0 Å². The van der Waals surface area contributed by atoms with E-state index in [2.05, 4.69) is 4.98 Å². The minimum absolute atomic E-state index is 0.0177. The lowest BCUT2D eigenvalue weighted by molar-refractivity contribution is -0.136. The number of aryl methyl sites for hydroxylation is 1. The second kappa shape index (κ2) is 5.35. The van der Waals surface area contributed by atoms with E-state index in [1.54, 1.807) is 30.5 Å². The summed E-state index contributed by atoms with van der Waals surface area (Å²) in [7, 11) is 0. The van der Waals surface area contributed by atoms with E-state index in [1.807, 2.05) is 17.7 Å². The van der Waals surface area contributed by atoms with Gasteiger partial charge in [0.1, 0.15) is 5.75 Å². The lowest BCUT2D eigenvalue weighted by Crippen LogP contribution is -2.00. The summed E-state index contributed by atoms with van der Waals surface area (Å²) in [5, 5.41) is 8.67. The first kappa shape index (κ1) is 12.2. The van der Waals surface area contributed by atoms with Gasteiger partial charge in [0.25, 0.3) is 0 Å². The molecule has 0 aliphatic carbocycles. The van der Waals surface area contributed by atoms with Crippen molar-refractivity contribution in [1.82, 2.24) is 9.55 Å². The number of hydrogen-bond acceptors (Lipinski definition) is 3. The Morgan fingerprint density at radius 1 is 1.39 bits per heavy atom. The topological polar surface area (TPSA) is 64.4 Å². The van der Waals surface area contributed by atoms with Gasteiger partial charge in [-0.1, -0.05) is 12.1 Å². The van der Waals surface area contributed by atoms with Gasteiger partial charge >= 0.3 is 12.0 Å². The summed E-state index contributed by atoms with van der Waals surface area (Å²) in [5.74, 6) is -0.199. The Kier molecular flexibility index (Phi) is 3.62. The van der Waals surface area contributed by atoms with E-state index < -0.39 is 5.97 Å². The molecular weight excluding hydrogens is 232 g/mol. The number of aromatic nitrogens is 2. The number of carboxylic acids is 1. The minimum atomic E-state index is -0.842. The molecule has 0 fully saturated rings. The molecule has 2 rings (SSSR count). The van der Waals surface area contributed by atoms with E-state index in [1.165, 1.54) is 0 Å². The van der Waals surface area contributed by atoms with Crippen LogP contribution in [0.15, 0.2) is 36.7 Å². The molecule has 2 aromatic rings. The molecule has 0 radical (unpaired) electrons. The minimum Gasteiger partial charge on any atom is -0.481 e. The van der Waals surface area contributed by atoms with E-state index in [-0.39, 0.29) is 6.42 Å². The summed E-state index contributed by atoms with van der Waals surface area (Å²) < 4.78 is 7.48. The summed E-state index contributed by atoms with van der Waals surface area (Å²) in [6.45, 7) is 2.79. The lowest BCUT2D eigenvalue weighted by Gasteiger charge is -2.07. The Morgan fingerprint density at radius 3 is 2.72 bits per heavy atom. The average molecular weight is 246 g/mol. The van der Waals surface area contributed by atoms with Crippen molar-refractivity contribution >= 4 is 5.97 Å². The van der Waals surface area contributed by atoms with E-state index in [9.17, 15) is 4.79 Å². The van der Waals surface area contributed by atoms with Gasteiger partial charge in [0, 0.05) is 18.9 Å². The first-order valence-electron chi connectivity index (χ1n) is 5.68. The number of imidazole rings is 1. The second-order valence-corrected chi connectivity index (χ2v) is 3.81. The van der Waals surface area contributed by atoms with Gasteiger partial charge in [-0.25, -0.2) is 4.98 Å². The molecule has 0 aliphatic rings. The highest BCUT2D eigenvalue weighted by Gasteiger charge is 2.05. The van der Waals surface area contributed by atoms with Crippen molar-refractivity contribution in [3.05, 3.63) is 42.2 Å². The number of carbonyl (C=O) groups is 1. The van der Waals surface area contributed by atoms with Crippen molar-refractivity contribution in [2.75, 3.05) is 0 Å². The van der Waals surface area contributed by atoms with Crippen LogP contribution in [0.25, 0.3) is 0 Å². The van der Waals surface area contributed by atoms with Crippen LogP contribution in [0.2, 0.25) is 0 Å². The molecule has 0 bridgehead atoms. The SMILES string of the molecule is CCn1ccnc1Oc1ccc(CC(=O)O)cc1. The monoisotopic (exact) mass is 246 g/mol. The maximum atomic E-state index is 10.5. The summed E-state index contributed by atoms with van der Waals surface area (Å²) in [4.78, 5) is 14.6. The molecule has 18 heavy (non-hydrogen) atoms. The number of nitrogens with zero attached hydrogens (tertiary/aromatic N) is 2. The van der Waals surface area contributed by atoms with Gasteiger partial charge in [0.2, 0.25) is 0 Å². The molecule has 1 N–H and O–H groups in total. The Bertz CT molecular complexity index is 531. The fraction of sp³-hybridized carbons (Fsp3) is 0.231. The van der Waals surface area contributed by atoms with Gasteiger partial charge in [-0.2, -0.15) is 0 Å². The number of hydrogen-bond donors (Lipinski definition) is 1. The molecule has 1 aromatic heterocycles. The standard InChI is InChI=1S/C13H14N2O3/c1-2-15-8-7-14-13(15)18-11-5-3-10(4-6-11)9-12(16)17/h3-8H,2,9H2,1H3,(H,16,17). The molecule has 0 spiro atoms. The number of aliphatic carboxylic acids is 1. The Morgan fingerprint density at radius 2 is 2.11 bits per heavy atom. The van der Waals surface area contributed by atoms with Gasteiger partial charge < -0.3 is 14.4 Å². The molecule has 5 heteroatoms. The largest absolute Gasteiger partial charge is 0.481 e. The average Bonchev–Trinajstić information content (AvgIpc) is 2.78. The number of ether oxygens (including phenoxy) is 1. The van der Waals surface area contributed by atoms with Crippen LogP contribution in [0.3, 0.4) is 0 Å². The molecule has 0 amide bonds. The van der Waals surface area contributed by atoms with Gasteiger partial charge in [-0.15, -0.1) is 0 Å². The Labute approximate surface area is 105 Å². The third-order valence-electron chi connectivity index (χ3n) is 2.51. The fourth-order valence-electron chi connectivity index (χ4n) is 1.60. The summed E-state index contributed by atoms with van der Waals surface area (Å²) >= 11 is 0. The van der Waals surface area contributed by atoms with Crippen molar-refractivity contribution in [2.45, 2.75) is 19.9 Å². The van der Waals surface area contributed by atoms with Crippen molar-refractivity contribution in [2.24, 2.45) is 0 Å². The first-order valence-corrected chi connectivity index (χ1v) is 5.68. The van der Waals surface area contributed by atoms with Crippen LogP contribution < -0.4 is 4.74 Å². The second-order valence-electron chi connectivity index (χ2n) is 3.81. The molecule has 0 atom stereocenters.